The van der Waals surface area contributed by atoms with E-state index in [0.29, 0.717) is 0 Å². The van der Waals surface area contributed by atoms with Gasteiger partial charge >= 0.3 is 0 Å². The smallest absolute Gasteiger partial charge is 0.0701 e. The molecule has 8 heteroatoms. The van der Waals surface area contributed by atoms with Crippen LogP contribution in [-0.2, 0) is 0 Å². The number of nitrogens with zero attached hydrogens (tertiary/aromatic N) is 8. The highest BCUT2D eigenvalue weighted by Crippen LogP contribution is 2.51. The normalized spacial score (nSPS) is 11.1. The minimum absolute atomic E-state index is 0.919. The molecule has 0 radical (unpaired) electrons. The van der Waals surface area contributed by atoms with Crippen LogP contribution in [0.2, 0.25) is 0 Å². The second-order valence-corrected chi connectivity index (χ2v) is 33.4. The van der Waals surface area contributed by atoms with Crippen molar-refractivity contribution in [3.8, 4) is 224 Å². The maximum Gasteiger partial charge on any atom is 0.0701 e. The molecule has 0 saturated heterocycles. The minimum Gasteiger partial charge on any atom is -0.256 e. The number of rotatable bonds is 20. The zero-order valence-electron chi connectivity index (χ0n) is 73.9. The Hall–Kier alpha value is -17.7. The Morgan fingerprint density at radius 2 is 0.246 bits per heavy atom. The van der Waals surface area contributed by atoms with Crippen molar-refractivity contribution in [2.75, 3.05) is 0 Å². The number of aryl methyl sites for hydroxylation is 2. The fourth-order valence-electron chi connectivity index (χ4n) is 18.4. The van der Waals surface area contributed by atoms with E-state index in [2.05, 4.69) is 364 Å². The summed E-state index contributed by atoms with van der Waals surface area (Å²) in [7, 11) is 0. The number of benzene rings is 14. The van der Waals surface area contributed by atoms with Crippen molar-refractivity contribution in [2.24, 2.45) is 0 Å². The van der Waals surface area contributed by atoms with E-state index in [1.165, 1.54) is 44.5 Å². The molecule has 0 aliphatic rings. The third-order valence-electron chi connectivity index (χ3n) is 24.8. The third-order valence-corrected chi connectivity index (χ3v) is 24.8. The van der Waals surface area contributed by atoms with Gasteiger partial charge in [0.2, 0.25) is 0 Å². The summed E-state index contributed by atoms with van der Waals surface area (Å²) < 4.78 is 0. The maximum atomic E-state index is 4.75. The predicted octanol–water partition coefficient (Wildman–Crippen LogP) is 32.5. The molecule has 22 aromatic rings. The lowest BCUT2D eigenvalue weighted by Gasteiger charge is -2.23. The molecular weight excluding hydrogens is 1630 g/mol. The van der Waals surface area contributed by atoms with E-state index in [9.17, 15) is 0 Å². The van der Waals surface area contributed by atoms with Crippen LogP contribution in [0.15, 0.2) is 498 Å². The van der Waals surface area contributed by atoms with Crippen LogP contribution in [-0.4, -0.2) is 39.9 Å². The second-order valence-electron chi connectivity index (χ2n) is 33.4. The molecule has 0 bridgehead atoms. The fourth-order valence-corrected chi connectivity index (χ4v) is 18.4. The van der Waals surface area contributed by atoms with E-state index in [1.54, 1.807) is 0 Å². The minimum atomic E-state index is 0.919. The van der Waals surface area contributed by atoms with Crippen LogP contribution in [0.3, 0.4) is 0 Å². The Kier molecular flexibility index (Phi) is 23.8. The molecule has 0 fully saturated rings. The van der Waals surface area contributed by atoms with Gasteiger partial charge in [0.15, 0.2) is 0 Å². The van der Waals surface area contributed by atoms with Crippen LogP contribution < -0.4 is 0 Å². The molecule has 0 atom stereocenters. The summed E-state index contributed by atoms with van der Waals surface area (Å²) >= 11 is 0. The molecule has 0 spiro atoms. The first-order chi connectivity index (χ1) is 66.2. The van der Waals surface area contributed by atoms with Gasteiger partial charge in [-0.05, 0) is 263 Å². The number of pyridine rings is 8. The summed E-state index contributed by atoms with van der Waals surface area (Å²) in [5, 5.41) is 0. The molecule has 0 amide bonds. The van der Waals surface area contributed by atoms with Gasteiger partial charge in [0.1, 0.15) is 0 Å². The molecule has 134 heavy (non-hydrogen) atoms. The molecule has 0 aliphatic carbocycles. The van der Waals surface area contributed by atoms with E-state index in [4.69, 9.17) is 29.9 Å². The largest absolute Gasteiger partial charge is 0.256 e. The molecule has 0 N–H and O–H groups in total. The molecule has 8 heterocycles. The van der Waals surface area contributed by atoms with Crippen molar-refractivity contribution in [1.82, 2.24) is 39.9 Å². The Balaban J connectivity index is 0.000000236. The van der Waals surface area contributed by atoms with Crippen molar-refractivity contribution >= 4 is 0 Å². The molecule has 8 aromatic heterocycles. The highest BCUT2D eigenvalue weighted by Gasteiger charge is 2.26. The molecular formula is C126H88N8. The molecule has 0 unspecified atom stereocenters. The van der Waals surface area contributed by atoms with E-state index < -0.39 is 0 Å². The van der Waals surface area contributed by atoms with Crippen LogP contribution in [0.25, 0.3) is 224 Å². The summed E-state index contributed by atoms with van der Waals surface area (Å²) in [6.07, 6.45) is 14.8. The summed E-state index contributed by atoms with van der Waals surface area (Å²) in [6, 6.07) is 160. The average molecular weight is 1710 g/mol. The first-order valence-corrected chi connectivity index (χ1v) is 45.2. The van der Waals surface area contributed by atoms with Gasteiger partial charge < -0.3 is 0 Å². The van der Waals surface area contributed by atoms with Gasteiger partial charge in [-0.1, -0.05) is 345 Å². The van der Waals surface area contributed by atoms with E-state index >= 15 is 0 Å². The molecule has 14 aromatic carbocycles. The Morgan fingerprint density at radius 1 is 0.112 bits per heavy atom. The lowest BCUT2D eigenvalue weighted by molar-refractivity contribution is 1.33. The van der Waals surface area contributed by atoms with Crippen LogP contribution in [0.5, 0.6) is 0 Å². The summed E-state index contributed by atoms with van der Waals surface area (Å²) in [6.45, 7) is 4.34. The quantitative estimate of drug-likeness (QED) is 0.0743. The molecule has 0 saturated carbocycles. The van der Waals surface area contributed by atoms with Gasteiger partial charge in [-0.3, -0.25) is 39.9 Å². The van der Waals surface area contributed by atoms with Gasteiger partial charge in [-0.25, -0.2) is 0 Å². The van der Waals surface area contributed by atoms with Crippen molar-refractivity contribution in [2.45, 2.75) is 13.8 Å². The van der Waals surface area contributed by atoms with Crippen molar-refractivity contribution in [1.29, 1.82) is 0 Å². The van der Waals surface area contributed by atoms with E-state index in [1.807, 2.05) is 159 Å². The second kappa shape index (κ2) is 38.3. The molecule has 632 valence electrons. The topological polar surface area (TPSA) is 103 Å². The molecule has 0 aliphatic heterocycles. The SMILES string of the molecule is Cc1cc(C)cc(-c2c(-c3ccc(-c4ccccn4)cc3)cccc2-c2ccc(-c3ccccn3)cc2)c1.c1ccc(-c2ccc(-c3cccc(-c4ccc(-c5ccccn5)cc4)c3-c3cc(-c4c(-c5ccc(-c6ccccn6)cc5)cccc4-c4ccc(-c5ccccn5)cc4)cc(-c4c(-c5ccc(-c6ccccn6)cc5)cccc4-c4ccc(-c5ccccn5)cc4)c3)cc2)nc1. The zero-order chi connectivity index (χ0) is 89.9. The molecule has 22 rings (SSSR count). The van der Waals surface area contributed by atoms with Gasteiger partial charge in [-0.15, -0.1) is 0 Å². The average Bonchev–Trinajstić information content (AvgIpc) is 0.704. The van der Waals surface area contributed by atoms with E-state index in [0.717, 1.165) is 190 Å². The van der Waals surface area contributed by atoms with Crippen LogP contribution in [0.4, 0.5) is 0 Å². The van der Waals surface area contributed by atoms with Crippen LogP contribution >= 0.6 is 0 Å². The van der Waals surface area contributed by atoms with Gasteiger partial charge in [0, 0.05) is 94.1 Å². The maximum absolute atomic E-state index is 4.75. The summed E-state index contributed by atoms with van der Waals surface area (Å²) in [5.74, 6) is 0. The van der Waals surface area contributed by atoms with Crippen molar-refractivity contribution in [3.05, 3.63) is 510 Å². The highest BCUT2D eigenvalue weighted by molar-refractivity contribution is 6.05. The predicted molar refractivity (Wildman–Crippen MR) is 553 cm³/mol. The number of hydrogen-bond donors (Lipinski definition) is 0. The Labute approximate surface area is 781 Å². The van der Waals surface area contributed by atoms with Gasteiger partial charge in [0.25, 0.3) is 0 Å². The highest BCUT2D eigenvalue weighted by atomic mass is 14.7. The first-order valence-electron chi connectivity index (χ1n) is 45.2. The lowest BCUT2D eigenvalue weighted by atomic mass is 9.80. The number of hydrogen-bond acceptors (Lipinski definition) is 8. The summed E-state index contributed by atoms with van der Waals surface area (Å²) in [4.78, 5) is 37.5. The monoisotopic (exact) mass is 1710 g/mol. The summed E-state index contributed by atoms with van der Waals surface area (Å²) in [5.41, 5.74) is 45.2. The molecule has 8 nitrogen and oxygen atoms in total. The number of aromatic nitrogens is 8. The standard InChI is InChI=1S/C90H60N6.C36H28N2/c1-7-52-91-82(22-1)67-40-28-61(29-41-67)76-16-13-17-77(62-30-42-68(43-31-62)83-23-2-8-53-92-83)88(76)73-58-74(89-78(63-32-44-69(45-33-63)84-24-3-9-54-93-84)18-14-19-79(89)64-34-46-70(47-35-64)85-25-4-10-55-94-85)60-75(59-73)90-80(65-36-48-71(49-37-65)86-26-5-11-56-95-86)20-15-21-81(90)66-38-50-72(51-39-66)87-27-6-12-57-96-87;1-25-22-26(2)24-31(23-25)36-32(27-12-16-29(17-13-27)34-10-3-5-20-37-34)8-7-9-33(36)28-14-18-30(19-15-28)35-11-4-6-21-38-35/h1-60H;3-24H,1-2H3. The van der Waals surface area contributed by atoms with Crippen molar-refractivity contribution < 1.29 is 0 Å². The fraction of sp³-hybridized carbons (Fsp3) is 0.0159. The van der Waals surface area contributed by atoms with Crippen LogP contribution in [0, 0.1) is 13.8 Å². The van der Waals surface area contributed by atoms with Crippen LogP contribution in [0.1, 0.15) is 11.1 Å². The Bertz CT molecular complexity index is 6860. The lowest BCUT2D eigenvalue weighted by Crippen LogP contribution is -1.97. The van der Waals surface area contributed by atoms with E-state index in [-0.39, 0.29) is 0 Å². The van der Waals surface area contributed by atoms with Crippen molar-refractivity contribution in [3.63, 3.8) is 0 Å². The van der Waals surface area contributed by atoms with Gasteiger partial charge in [0.05, 0.1) is 45.6 Å². The van der Waals surface area contributed by atoms with Gasteiger partial charge in [-0.2, -0.15) is 0 Å². The zero-order valence-corrected chi connectivity index (χ0v) is 73.9. The first kappa shape index (κ1) is 83.2. The Morgan fingerprint density at radius 3 is 0.381 bits per heavy atom. The third kappa shape index (κ3) is 17.9.